The molecule has 0 aliphatic heterocycles. The van der Waals surface area contributed by atoms with Gasteiger partial charge in [0.2, 0.25) is 5.91 Å². The molecule has 98 valence electrons. The van der Waals surface area contributed by atoms with Crippen LogP contribution in [-0.2, 0) is 4.79 Å². The van der Waals surface area contributed by atoms with Gasteiger partial charge in [0.25, 0.3) is 0 Å². The Morgan fingerprint density at radius 3 is 2.79 bits per heavy atom. The first kappa shape index (κ1) is 11.4. The summed E-state index contributed by atoms with van der Waals surface area (Å²) < 4.78 is 1.13. The van der Waals surface area contributed by atoms with E-state index in [0.29, 0.717) is 0 Å². The van der Waals surface area contributed by atoms with Crippen LogP contribution in [0.5, 0.6) is 0 Å². The number of amides is 1. The average Bonchev–Trinajstić information content (AvgIpc) is 3.12. The molecule has 2 aliphatic rings. The highest BCUT2D eigenvalue weighted by atomic mass is 32.1. The van der Waals surface area contributed by atoms with E-state index in [1.54, 1.807) is 11.3 Å². The number of thiazole rings is 1. The van der Waals surface area contributed by atoms with Gasteiger partial charge in [-0.3, -0.25) is 4.79 Å². The second kappa shape index (κ2) is 4.04. The fourth-order valence-corrected chi connectivity index (χ4v) is 4.53. The number of benzene rings is 1. The van der Waals surface area contributed by atoms with Gasteiger partial charge in [-0.05, 0) is 50.2 Å². The van der Waals surface area contributed by atoms with Crippen LogP contribution in [0, 0.1) is 11.3 Å². The number of carbonyl (C=O) groups is 1. The monoisotopic (exact) mass is 272 g/mol. The van der Waals surface area contributed by atoms with E-state index < -0.39 is 0 Å². The van der Waals surface area contributed by atoms with Gasteiger partial charge >= 0.3 is 0 Å². The van der Waals surface area contributed by atoms with Crippen LogP contribution in [0.15, 0.2) is 24.3 Å². The third-order valence-electron chi connectivity index (χ3n) is 4.74. The largest absolute Gasteiger partial charge is 0.301 e. The molecule has 0 saturated heterocycles. The van der Waals surface area contributed by atoms with Crippen LogP contribution in [0.2, 0.25) is 0 Å². The molecule has 1 N–H and O–H groups in total. The molecule has 2 saturated carbocycles. The molecule has 4 rings (SSSR count). The van der Waals surface area contributed by atoms with Crippen molar-refractivity contribution < 1.29 is 4.79 Å². The molecule has 1 aromatic carbocycles. The maximum absolute atomic E-state index is 12.5. The summed E-state index contributed by atoms with van der Waals surface area (Å²) in [6.45, 7) is 0. The zero-order valence-electron chi connectivity index (χ0n) is 10.7. The normalized spacial score (nSPS) is 28.9. The van der Waals surface area contributed by atoms with Crippen LogP contribution in [-0.4, -0.2) is 10.9 Å². The number of nitrogens with one attached hydrogen (secondary N) is 1. The lowest BCUT2D eigenvalue weighted by molar-refractivity contribution is -0.125. The highest BCUT2D eigenvalue weighted by Crippen LogP contribution is 2.54. The van der Waals surface area contributed by atoms with Gasteiger partial charge in [0.05, 0.1) is 10.2 Å². The highest BCUT2D eigenvalue weighted by molar-refractivity contribution is 7.22. The SMILES string of the molecule is O=C(Nc1nc2ccccc2s1)C12CCC(CC1)C2. The Morgan fingerprint density at radius 1 is 1.32 bits per heavy atom. The number of nitrogens with zero attached hydrogens (tertiary/aromatic N) is 1. The number of hydrogen-bond acceptors (Lipinski definition) is 3. The summed E-state index contributed by atoms with van der Waals surface area (Å²) in [6.07, 6.45) is 5.67. The molecular weight excluding hydrogens is 256 g/mol. The second-order valence-corrected chi connectivity index (χ2v) is 6.90. The number of anilines is 1. The lowest BCUT2D eigenvalue weighted by Crippen LogP contribution is -2.32. The predicted octanol–water partition coefficient (Wildman–Crippen LogP) is 3.82. The van der Waals surface area contributed by atoms with Crippen molar-refractivity contribution in [3.05, 3.63) is 24.3 Å². The number of carbonyl (C=O) groups excluding carboxylic acids is 1. The quantitative estimate of drug-likeness (QED) is 0.903. The van der Waals surface area contributed by atoms with E-state index in [-0.39, 0.29) is 11.3 Å². The minimum Gasteiger partial charge on any atom is -0.301 e. The minimum atomic E-state index is -0.0808. The molecule has 0 radical (unpaired) electrons. The third kappa shape index (κ3) is 1.77. The summed E-state index contributed by atoms with van der Waals surface area (Å²) in [5.41, 5.74) is 0.888. The smallest absolute Gasteiger partial charge is 0.232 e. The van der Waals surface area contributed by atoms with Crippen molar-refractivity contribution in [3.8, 4) is 0 Å². The molecule has 19 heavy (non-hydrogen) atoms. The highest BCUT2D eigenvalue weighted by Gasteiger charge is 2.50. The molecule has 2 aliphatic carbocycles. The Kier molecular flexibility index (Phi) is 2.42. The topological polar surface area (TPSA) is 42.0 Å². The van der Waals surface area contributed by atoms with Crippen molar-refractivity contribution in [1.29, 1.82) is 0 Å². The first-order valence-corrected chi connectivity index (χ1v) is 7.74. The second-order valence-electron chi connectivity index (χ2n) is 5.87. The Labute approximate surface area is 116 Å². The van der Waals surface area contributed by atoms with E-state index in [0.717, 1.165) is 40.5 Å². The Bertz CT molecular complexity index is 607. The van der Waals surface area contributed by atoms with Crippen LogP contribution in [0.1, 0.15) is 32.1 Å². The summed E-state index contributed by atoms with van der Waals surface area (Å²) in [5.74, 6) is 0.993. The van der Waals surface area contributed by atoms with Gasteiger partial charge in [0.1, 0.15) is 0 Å². The van der Waals surface area contributed by atoms with E-state index in [1.807, 2.05) is 24.3 Å². The molecule has 2 fully saturated rings. The Balaban J connectivity index is 1.59. The van der Waals surface area contributed by atoms with Gasteiger partial charge in [0.15, 0.2) is 5.13 Å². The van der Waals surface area contributed by atoms with E-state index >= 15 is 0 Å². The number of rotatable bonds is 2. The van der Waals surface area contributed by atoms with Crippen molar-refractivity contribution in [2.45, 2.75) is 32.1 Å². The molecular formula is C15H16N2OS. The van der Waals surface area contributed by atoms with Crippen LogP contribution in [0.3, 0.4) is 0 Å². The molecule has 1 amide bonds. The van der Waals surface area contributed by atoms with Crippen molar-refractivity contribution in [2.24, 2.45) is 11.3 Å². The number of aromatic nitrogens is 1. The summed E-state index contributed by atoms with van der Waals surface area (Å²) >= 11 is 1.56. The van der Waals surface area contributed by atoms with Gasteiger partial charge < -0.3 is 5.32 Å². The number of hydrogen-bond donors (Lipinski definition) is 1. The minimum absolute atomic E-state index is 0.0808. The Hall–Kier alpha value is -1.42. The van der Waals surface area contributed by atoms with Crippen molar-refractivity contribution >= 4 is 32.6 Å². The lowest BCUT2D eigenvalue weighted by atomic mass is 9.83. The Morgan fingerprint density at radius 2 is 2.11 bits per heavy atom. The van der Waals surface area contributed by atoms with Crippen LogP contribution in [0.25, 0.3) is 10.2 Å². The predicted molar refractivity (Wildman–Crippen MR) is 77.3 cm³/mol. The van der Waals surface area contributed by atoms with Crippen molar-refractivity contribution in [3.63, 3.8) is 0 Å². The average molecular weight is 272 g/mol. The van der Waals surface area contributed by atoms with E-state index in [9.17, 15) is 4.79 Å². The van der Waals surface area contributed by atoms with Crippen LogP contribution in [0.4, 0.5) is 5.13 Å². The van der Waals surface area contributed by atoms with Gasteiger partial charge in [-0.2, -0.15) is 0 Å². The maximum atomic E-state index is 12.5. The van der Waals surface area contributed by atoms with Crippen molar-refractivity contribution in [1.82, 2.24) is 4.98 Å². The molecule has 1 aromatic heterocycles. The fraction of sp³-hybridized carbons (Fsp3) is 0.467. The molecule has 0 unspecified atom stereocenters. The maximum Gasteiger partial charge on any atom is 0.232 e. The molecule has 2 aromatic rings. The summed E-state index contributed by atoms with van der Waals surface area (Å²) in [5, 5.41) is 3.81. The standard InChI is InChI=1S/C15H16N2OS/c18-13(15-7-5-10(9-15)6-8-15)17-14-16-11-3-1-2-4-12(11)19-14/h1-4,10H,5-9H2,(H,16,17,18). The molecule has 1 heterocycles. The molecule has 0 spiro atoms. The number of fused-ring (bicyclic) bond motifs is 3. The summed E-state index contributed by atoms with van der Waals surface area (Å²) in [6, 6.07) is 8.01. The third-order valence-corrected chi connectivity index (χ3v) is 5.69. The van der Waals surface area contributed by atoms with Crippen LogP contribution < -0.4 is 5.32 Å². The van der Waals surface area contributed by atoms with Crippen LogP contribution >= 0.6 is 11.3 Å². The molecule has 4 heteroatoms. The van der Waals surface area contributed by atoms with Gasteiger partial charge in [-0.15, -0.1) is 0 Å². The zero-order valence-corrected chi connectivity index (χ0v) is 11.5. The van der Waals surface area contributed by atoms with E-state index in [4.69, 9.17) is 0 Å². The molecule has 3 nitrogen and oxygen atoms in total. The zero-order chi connectivity index (χ0) is 12.9. The van der Waals surface area contributed by atoms with E-state index in [2.05, 4.69) is 10.3 Å². The van der Waals surface area contributed by atoms with E-state index in [1.165, 1.54) is 12.8 Å². The van der Waals surface area contributed by atoms with Gasteiger partial charge in [-0.1, -0.05) is 23.5 Å². The van der Waals surface area contributed by atoms with Gasteiger partial charge in [-0.25, -0.2) is 4.98 Å². The molecule has 0 atom stereocenters. The first-order valence-electron chi connectivity index (χ1n) is 6.92. The first-order chi connectivity index (χ1) is 9.25. The fourth-order valence-electron chi connectivity index (χ4n) is 3.67. The lowest BCUT2D eigenvalue weighted by Gasteiger charge is -2.24. The van der Waals surface area contributed by atoms with Gasteiger partial charge in [0, 0.05) is 5.41 Å². The molecule has 2 bridgehead atoms. The van der Waals surface area contributed by atoms with Crippen molar-refractivity contribution in [2.75, 3.05) is 5.32 Å². The summed E-state index contributed by atoms with van der Waals surface area (Å²) in [4.78, 5) is 17.0. The summed E-state index contributed by atoms with van der Waals surface area (Å²) in [7, 11) is 0. The number of para-hydroxylation sites is 1.